The first-order chi connectivity index (χ1) is 22.2. The van der Waals surface area contributed by atoms with Gasteiger partial charge < -0.3 is 33.8 Å². The molecule has 0 aromatic heterocycles. The lowest BCUT2D eigenvalue weighted by atomic mass is 10.0. The Morgan fingerprint density at radius 1 is 0.875 bits per heavy atom. The van der Waals surface area contributed by atoms with E-state index in [1.165, 1.54) is 14.0 Å². The molecule has 2 amide bonds. The number of carbonyl (C=O) groups is 7. The molecule has 1 saturated heterocycles. The van der Waals surface area contributed by atoms with Crippen molar-refractivity contribution < 1.29 is 62.6 Å². The number of amides is 2. The van der Waals surface area contributed by atoms with Crippen molar-refractivity contribution in [1.29, 1.82) is 0 Å². The highest BCUT2D eigenvalue weighted by Gasteiger charge is 2.43. The molecule has 1 N–H and O–H groups in total. The summed E-state index contributed by atoms with van der Waals surface area (Å²) in [4.78, 5) is 90.7. The number of carbonyl (C=O) groups excluding carboxylic acids is 7. The van der Waals surface area contributed by atoms with Gasteiger partial charge in [0.1, 0.15) is 20.0 Å². The Kier molecular flexibility index (Phi) is 21.4. The number of aliphatic hydroxyl groups is 1. The molecule has 1 aliphatic rings. The van der Waals surface area contributed by atoms with Crippen LogP contribution in [-0.4, -0.2) is 94.9 Å². The topological polar surface area (TPSA) is 192 Å². The summed E-state index contributed by atoms with van der Waals surface area (Å²) in [5.41, 5.74) is -3.45. The van der Waals surface area contributed by atoms with Crippen molar-refractivity contribution in [3.05, 3.63) is 0 Å². The molecular weight excluding hydrogens is 632 g/mol. The highest BCUT2D eigenvalue weighted by atomic mass is 16.7. The summed E-state index contributed by atoms with van der Waals surface area (Å²) in [5, 5.41) is 11.7. The van der Waals surface area contributed by atoms with Crippen molar-refractivity contribution in [3.63, 3.8) is 0 Å². The highest BCUT2D eigenvalue weighted by Crippen LogP contribution is 2.28. The smallest absolute Gasteiger partial charge is 0.332 e. The van der Waals surface area contributed by atoms with Crippen LogP contribution in [0.25, 0.3) is 0 Å². The molecule has 48 heavy (non-hydrogen) atoms. The van der Waals surface area contributed by atoms with Gasteiger partial charge in [0, 0.05) is 39.2 Å². The first-order valence-electron chi connectivity index (χ1n) is 16.2. The molecule has 3 unspecified atom stereocenters. The summed E-state index contributed by atoms with van der Waals surface area (Å²) < 4.78 is 16.8. The minimum atomic E-state index is -1.56. The minimum absolute atomic E-state index is 0.0435. The quantitative estimate of drug-likeness (QED) is 0.171. The number of hydroxylamine groups is 4. The normalized spacial score (nSPS) is 17.0. The van der Waals surface area contributed by atoms with E-state index < -0.39 is 52.6 Å². The van der Waals surface area contributed by atoms with Crippen LogP contribution in [0, 0.1) is 11.8 Å². The third kappa shape index (κ3) is 19.3. The van der Waals surface area contributed by atoms with Crippen molar-refractivity contribution in [2.75, 3.05) is 20.3 Å². The van der Waals surface area contributed by atoms with Crippen LogP contribution in [0.4, 0.5) is 0 Å². The van der Waals surface area contributed by atoms with E-state index in [0.29, 0.717) is 11.5 Å². The van der Waals surface area contributed by atoms with E-state index in [1.807, 2.05) is 27.6 Å². The Morgan fingerprint density at radius 3 is 1.69 bits per heavy atom. The van der Waals surface area contributed by atoms with Gasteiger partial charge in [0.25, 0.3) is 11.8 Å². The van der Waals surface area contributed by atoms with Crippen molar-refractivity contribution in [2.24, 2.45) is 11.8 Å². The molecule has 1 aliphatic heterocycles. The Morgan fingerprint density at radius 2 is 1.29 bits per heavy atom. The maximum atomic E-state index is 12.4. The first kappa shape index (κ1) is 46.5. The zero-order valence-electron chi connectivity index (χ0n) is 30.7. The lowest BCUT2D eigenvalue weighted by Crippen LogP contribution is -2.44. The van der Waals surface area contributed by atoms with Gasteiger partial charge in [0.2, 0.25) is 0 Å². The Bertz CT molecular complexity index is 1060. The number of hydrogen-bond donors (Lipinski definition) is 1. The molecule has 3 atom stereocenters. The fraction of sp³-hybridized carbons (Fsp3) is 0.788. The number of ether oxygens (including phenoxy) is 3. The molecule has 0 aromatic rings. The molecule has 0 aliphatic carbocycles. The fourth-order valence-electron chi connectivity index (χ4n) is 4.43. The largest absolute Gasteiger partial charge is 0.463 e. The molecular formula is C33H58N2O13. The molecule has 1 rings (SSSR count). The van der Waals surface area contributed by atoms with Crippen molar-refractivity contribution in [2.45, 2.75) is 138 Å². The average Bonchev–Trinajstić information content (AvgIpc) is 3.23. The second kappa shape index (κ2) is 22.1. The molecule has 15 heteroatoms. The van der Waals surface area contributed by atoms with Gasteiger partial charge in [-0.3, -0.25) is 19.2 Å². The summed E-state index contributed by atoms with van der Waals surface area (Å²) in [5.74, 6) is -4.11. The zero-order chi connectivity index (χ0) is 37.9. The van der Waals surface area contributed by atoms with Gasteiger partial charge in [-0.05, 0) is 52.9 Å². The van der Waals surface area contributed by atoms with Crippen LogP contribution >= 0.6 is 0 Å². The number of esters is 2. The van der Waals surface area contributed by atoms with E-state index in [9.17, 15) is 33.9 Å². The molecule has 0 radical (unpaired) electrons. The van der Waals surface area contributed by atoms with E-state index in [4.69, 9.17) is 28.7 Å². The molecule has 1 fully saturated rings. The molecule has 0 spiro atoms. The van der Waals surface area contributed by atoms with Gasteiger partial charge in [0.15, 0.2) is 5.72 Å². The van der Waals surface area contributed by atoms with Gasteiger partial charge in [-0.2, -0.15) is 5.06 Å². The summed E-state index contributed by atoms with van der Waals surface area (Å²) in [6.07, 6.45) is 0.736. The van der Waals surface area contributed by atoms with Crippen LogP contribution < -0.4 is 0 Å². The van der Waals surface area contributed by atoms with E-state index in [-0.39, 0.29) is 70.0 Å². The molecule has 0 bridgehead atoms. The number of rotatable bonds is 17. The second-order valence-electron chi connectivity index (χ2n) is 12.9. The van der Waals surface area contributed by atoms with E-state index in [1.54, 1.807) is 41.5 Å². The number of hydrogen-bond acceptors (Lipinski definition) is 13. The Hall–Kier alpha value is -3.59. The van der Waals surface area contributed by atoms with E-state index in [2.05, 4.69) is 0 Å². The van der Waals surface area contributed by atoms with Crippen LogP contribution in [0.5, 0.6) is 0 Å². The van der Waals surface area contributed by atoms with Crippen molar-refractivity contribution in [1.82, 2.24) is 10.1 Å². The van der Waals surface area contributed by atoms with Crippen LogP contribution in [0.15, 0.2) is 0 Å². The van der Waals surface area contributed by atoms with E-state index in [0.717, 1.165) is 5.06 Å². The van der Waals surface area contributed by atoms with Crippen LogP contribution in [0.1, 0.15) is 121 Å². The standard InChI is InChI=1S/C30H50N2O12.C2H6.CH2O/c1-10-11-22(33)31(9)42-26(37)16-20(2)14-24(35)40-18-28(4,5)44-29(6,7)19-41-25(36)15-21(3)17-27(38)43-32-23(34)12-13-30(32,8)39;2*1-2/h20-21,39H,10-19H2,1-9H3;1-2H3;1H2. The highest BCUT2D eigenvalue weighted by molar-refractivity contribution is 5.81. The average molecular weight is 691 g/mol. The maximum absolute atomic E-state index is 12.4. The monoisotopic (exact) mass is 690 g/mol. The van der Waals surface area contributed by atoms with Crippen LogP contribution in [0.2, 0.25) is 0 Å². The Balaban J connectivity index is 0. The Labute approximate surface area is 284 Å². The lowest BCUT2D eigenvalue weighted by Gasteiger charge is -2.35. The van der Waals surface area contributed by atoms with Gasteiger partial charge in [-0.25, -0.2) is 9.59 Å². The van der Waals surface area contributed by atoms with Gasteiger partial charge in [0.05, 0.1) is 24.0 Å². The molecule has 0 saturated carbocycles. The summed E-state index contributed by atoms with van der Waals surface area (Å²) >= 11 is 0. The summed E-state index contributed by atoms with van der Waals surface area (Å²) in [6, 6.07) is 0. The number of nitrogens with zero attached hydrogens (tertiary/aromatic N) is 2. The minimum Gasteiger partial charge on any atom is -0.463 e. The second-order valence-corrected chi connectivity index (χ2v) is 12.9. The van der Waals surface area contributed by atoms with Gasteiger partial charge in [-0.1, -0.05) is 34.6 Å². The first-order valence-corrected chi connectivity index (χ1v) is 16.2. The SMILES string of the molecule is C=O.CC.CCCC(=O)N(C)OC(=O)CC(C)CC(=O)OCC(C)(C)OC(C)(C)COC(=O)CC(C)CC(=O)ON1C(=O)CCC1(C)O. The summed E-state index contributed by atoms with van der Waals surface area (Å²) in [7, 11) is 1.37. The zero-order valence-corrected chi connectivity index (χ0v) is 30.7. The predicted octanol–water partition coefficient (Wildman–Crippen LogP) is 3.83. The maximum Gasteiger partial charge on any atom is 0.332 e. The van der Waals surface area contributed by atoms with Gasteiger partial charge >= 0.3 is 23.9 Å². The molecule has 278 valence electrons. The van der Waals surface area contributed by atoms with Crippen molar-refractivity contribution in [3.8, 4) is 0 Å². The third-order valence-electron chi connectivity index (χ3n) is 6.50. The van der Waals surface area contributed by atoms with Crippen molar-refractivity contribution >= 4 is 42.5 Å². The molecule has 0 aromatic carbocycles. The molecule has 1 heterocycles. The van der Waals surface area contributed by atoms with Crippen LogP contribution in [0.3, 0.4) is 0 Å². The third-order valence-corrected chi connectivity index (χ3v) is 6.50. The van der Waals surface area contributed by atoms with Gasteiger partial charge in [-0.15, -0.1) is 5.06 Å². The van der Waals surface area contributed by atoms with Crippen LogP contribution in [-0.2, 0) is 57.4 Å². The summed E-state index contributed by atoms with van der Waals surface area (Å²) in [6.45, 7) is 19.2. The lowest BCUT2D eigenvalue weighted by molar-refractivity contribution is -0.249. The fourth-order valence-corrected chi connectivity index (χ4v) is 4.43. The molecule has 15 nitrogen and oxygen atoms in total. The predicted molar refractivity (Wildman–Crippen MR) is 173 cm³/mol. The van der Waals surface area contributed by atoms with E-state index >= 15 is 0 Å².